The average molecular weight is 316 g/mol. The molecule has 1 saturated heterocycles. The SMILES string of the molecule is CN1CCCC1CC(Oc1ccc(Cl)cc1)c1ccccc1. The lowest BCUT2D eigenvalue weighted by atomic mass is 10.0. The summed E-state index contributed by atoms with van der Waals surface area (Å²) in [6.07, 6.45) is 3.63. The molecule has 1 fully saturated rings. The molecule has 0 spiro atoms. The molecule has 0 amide bonds. The summed E-state index contributed by atoms with van der Waals surface area (Å²) in [5.74, 6) is 0.874. The maximum Gasteiger partial charge on any atom is 0.125 e. The van der Waals surface area contributed by atoms with Gasteiger partial charge in [0.05, 0.1) is 0 Å². The lowest BCUT2D eigenvalue weighted by Gasteiger charge is -2.26. The lowest BCUT2D eigenvalue weighted by molar-refractivity contribution is 0.152. The molecule has 0 aromatic heterocycles. The second kappa shape index (κ2) is 7.17. The Kier molecular flexibility index (Phi) is 5.01. The molecule has 116 valence electrons. The monoisotopic (exact) mass is 315 g/mol. The van der Waals surface area contributed by atoms with E-state index in [0.717, 1.165) is 17.2 Å². The molecule has 2 nitrogen and oxygen atoms in total. The average Bonchev–Trinajstić information content (AvgIpc) is 2.95. The number of rotatable bonds is 5. The second-order valence-electron chi connectivity index (χ2n) is 5.98. The van der Waals surface area contributed by atoms with Gasteiger partial charge in [-0.1, -0.05) is 41.9 Å². The normalized spacial score (nSPS) is 20.0. The van der Waals surface area contributed by atoms with Gasteiger partial charge in [-0.05, 0) is 56.3 Å². The molecule has 3 heteroatoms. The number of nitrogens with zero attached hydrogens (tertiary/aromatic N) is 1. The number of ether oxygens (including phenoxy) is 1. The van der Waals surface area contributed by atoms with E-state index in [9.17, 15) is 0 Å². The molecule has 0 radical (unpaired) electrons. The van der Waals surface area contributed by atoms with Crippen molar-refractivity contribution in [2.75, 3.05) is 13.6 Å². The molecular weight excluding hydrogens is 294 g/mol. The first-order valence-electron chi connectivity index (χ1n) is 7.90. The Hall–Kier alpha value is -1.51. The van der Waals surface area contributed by atoms with E-state index in [1.165, 1.54) is 24.9 Å². The predicted octanol–water partition coefficient (Wildman–Crippen LogP) is 4.94. The Morgan fingerprint density at radius 2 is 1.86 bits per heavy atom. The van der Waals surface area contributed by atoms with Crippen LogP contribution in [0.4, 0.5) is 0 Å². The summed E-state index contributed by atoms with van der Waals surface area (Å²) in [4.78, 5) is 2.45. The maximum absolute atomic E-state index is 6.28. The summed E-state index contributed by atoms with van der Waals surface area (Å²) in [6.45, 7) is 1.19. The van der Waals surface area contributed by atoms with Gasteiger partial charge in [0.2, 0.25) is 0 Å². The number of hydrogen-bond acceptors (Lipinski definition) is 2. The van der Waals surface area contributed by atoms with Gasteiger partial charge < -0.3 is 9.64 Å². The van der Waals surface area contributed by atoms with E-state index in [0.29, 0.717) is 6.04 Å². The second-order valence-corrected chi connectivity index (χ2v) is 6.42. The van der Waals surface area contributed by atoms with Crippen LogP contribution in [0.5, 0.6) is 5.75 Å². The Balaban J connectivity index is 1.78. The van der Waals surface area contributed by atoms with Gasteiger partial charge in [-0.15, -0.1) is 0 Å². The van der Waals surface area contributed by atoms with Gasteiger partial charge in [0.15, 0.2) is 0 Å². The zero-order chi connectivity index (χ0) is 15.4. The van der Waals surface area contributed by atoms with Crippen LogP contribution in [0.3, 0.4) is 0 Å². The lowest BCUT2D eigenvalue weighted by Crippen LogP contribution is -2.28. The van der Waals surface area contributed by atoms with Gasteiger partial charge >= 0.3 is 0 Å². The van der Waals surface area contributed by atoms with Gasteiger partial charge in [0.1, 0.15) is 11.9 Å². The third-order valence-electron chi connectivity index (χ3n) is 4.42. The first-order valence-corrected chi connectivity index (χ1v) is 8.27. The molecule has 1 aliphatic heterocycles. The molecule has 1 aliphatic rings. The summed E-state index contributed by atoms with van der Waals surface area (Å²) in [6, 6.07) is 18.7. The minimum atomic E-state index is 0.0768. The van der Waals surface area contributed by atoms with Crippen molar-refractivity contribution < 1.29 is 4.74 Å². The fraction of sp³-hybridized carbons (Fsp3) is 0.368. The highest BCUT2D eigenvalue weighted by Crippen LogP contribution is 2.31. The van der Waals surface area contributed by atoms with Crippen molar-refractivity contribution in [1.29, 1.82) is 0 Å². The van der Waals surface area contributed by atoms with E-state index in [4.69, 9.17) is 16.3 Å². The van der Waals surface area contributed by atoms with E-state index < -0.39 is 0 Å². The fourth-order valence-corrected chi connectivity index (χ4v) is 3.25. The van der Waals surface area contributed by atoms with Crippen LogP contribution in [0.2, 0.25) is 5.02 Å². The standard InChI is InChI=1S/C19H22ClNO/c1-21-13-5-8-17(21)14-19(15-6-3-2-4-7-15)22-18-11-9-16(20)10-12-18/h2-4,6-7,9-12,17,19H,5,8,13-14H2,1H3. The Morgan fingerprint density at radius 3 is 2.50 bits per heavy atom. The molecule has 2 atom stereocenters. The van der Waals surface area contributed by atoms with Crippen molar-refractivity contribution in [1.82, 2.24) is 4.90 Å². The number of likely N-dealkylation sites (tertiary alicyclic amines) is 1. The summed E-state index contributed by atoms with van der Waals surface area (Å²) < 4.78 is 6.28. The first-order chi connectivity index (χ1) is 10.7. The summed E-state index contributed by atoms with van der Waals surface area (Å²) in [5, 5.41) is 0.735. The van der Waals surface area contributed by atoms with E-state index in [-0.39, 0.29) is 6.10 Å². The summed E-state index contributed by atoms with van der Waals surface area (Å²) in [5.41, 5.74) is 1.23. The van der Waals surface area contributed by atoms with E-state index >= 15 is 0 Å². The molecule has 2 aromatic carbocycles. The predicted molar refractivity (Wildman–Crippen MR) is 91.5 cm³/mol. The highest BCUT2D eigenvalue weighted by molar-refractivity contribution is 6.30. The maximum atomic E-state index is 6.28. The van der Waals surface area contributed by atoms with E-state index in [1.54, 1.807) is 0 Å². The third-order valence-corrected chi connectivity index (χ3v) is 4.67. The number of halogens is 1. The van der Waals surface area contributed by atoms with Crippen LogP contribution < -0.4 is 4.74 Å². The van der Waals surface area contributed by atoms with Crippen molar-refractivity contribution in [3.05, 3.63) is 65.2 Å². The molecule has 2 unspecified atom stereocenters. The zero-order valence-electron chi connectivity index (χ0n) is 12.9. The number of benzene rings is 2. The van der Waals surface area contributed by atoms with E-state index in [2.05, 4.69) is 36.2 Å². The van der Waals surface area contributed by atoms with Crippen molar-refractivity contribution in [2.24, 2.45) is 0 Å². The molecule has 0 bridgehead atoms. The smallest absolute Gasteiger partial charge is 0.125 e. The zero-order valence-corrected chi connectivity index (χ0v) is 13.7. The molecule has 3 rings (SSSR count). The Morgan fingerprint density at radius 1 is 1.14 bits per heavy atom. The van der Waals surface area contributed by atoms with Crippen LogP contribution in [0.1, 0.15) is 30.9 Å². The van der Waals surface area contributed by atoms with Crippen LogP contribution in [-0.2, 0) is 0 Å². The highest BCUT2D eigenvalue weighted by Gasteiger charge is 2.26. The van der Waals surface area contributed by atoms with Crippen molar-refractivity contribution in [2.45, 2.75) is 31.4 Å². The van der Waals surface area contributed by atoms with Crippen LogP contribution >= 0.6 is 11.6 Å². The number of hydrogen-bond donors (Lipinski definition) is 0. The van der Waals surface area contributed by atoms with Crippen LogP contribution in [-0.4, -0.2) is 24.5 Å². The van der Waals surface area contributed by atoms with Gasteiger partial charge in [-0.25, -0.2) is 0 Å². The third kappa shape index (κ3) is 3.82. The largest absolute Gasteiger partial charge is 0.486 e. The first kappa shape index (κ1) is 15.4. The van der Waals surface area contributed by atoms with Crippen LogP contribution in [0.15, 0.2) is 54.6 Å². The van der Waals surface area contributed by atoms with Gasteiger partial charge in [0, 0.05) is 17.5 Å². The molecule has 0 aliphatic carbocycles. The van der Waals surface area contributed by atoms with Crippen LogP contribution in [0.25, 0.3) is 0 Å². The molecule has 0 saturated carbocycles. The molecule has 2 aromatic rings. The summed E-state index contributed by atoms with van der Waals surface area (Å²) in [7, 11) is 2.21. The van der Waals surface area contributed by atoms with Gasteiger partial charge in [0.25, 0.3) is 0 Å². The van der Waals surface area contributed by atoms with Gasteiger partial charge in [-0.2, -0.15) is 0 Å². The van der Waals surface area contributed by atoms with Crippen molar-refractivity contribution >= 4 is 11.6 Å². The van der Waals surface area contributed by atoms with Crippen LogP contribution in [0, 0.1) is 0 Å². The van der Waals surface area contributed by atoms with Gasteiger partial charge in [-0.3, -0.25) is 0 Å². The Bertz CT molecular complexity index is 584. The topological polar surface area (TPSA) is 12.5 Å². The van der Waals surface area contributed by atoms with E-state index in [1.807, 2.05) is 30.3 Å². The minimum absolute atomic E-state index is 0.0768. The molecular formula is C19H22ClNO. The molecule has 1 heterocycles. The molecule has 22 heavy (non-hydrogen) atoms. The highest BCUT2D eigenvalue weighted by atomic mass is 35.5. The Labute approximate surface area is 137 Å². The van der Waals surface area contributed by atoms with Crippen molar-refractivity contribution in [3.8, 4) is 5.75 Å². The molecule has 0 N–H and O–H groups in total. The van der Waals surface area contributed by atoms with Crippen molar-refractivity contribution in [3.63, 3.8) is 0 Å². The summed E-state index contributed by atoms with van der Waals surface area (Å²) >= 11 is 5.96. The fourth-order valence-electron chi connectivity index (χ4n) is 3.12. The minimum Gasteiger partial charge on any atom is -0.486 e. The quantitative estimate of drug-likeness (QED) is 0.774.